The highest BCUT2D eigenvalue weighted by molar-refractivity contribution is 5.36. The van der Waals surface area contributed by atoms with E-state index in [0.29, 0.717) is 6.04 Å². The van der Waals surface area contributed by atoms with Gasteiger partial charge in [0.05, 0.1) is 6.10 Å². The summed E-state index contributed by atoms with van der Waals surface area (Å²) in [6.07, 6.45) is 4.88. The molecule has 4 nitrogen and oxygen atoms in total. The first-order valence-corrected chi connectivity index (χ1v) is 9.85. The Morgan fingerprint density at radius 3 is 2.77 bits per heavy atom. The lowest BCUT2D eigenvalue weighted by atomic mass is 10.0. The fourth-order valence-corrected chi connectivity index (χ4v) is 3.70. The molecule has 2 heterocycles. The molecule has 0 amide bonds. The van der Waals surface area contributed by atoms with E-state index in [9.17, 15) is 0 Å². The number of hydrogen-bond donors (Lipinski definition) is 1. The molecule has 0 radical (unpaired) electrons. The van der Waals surface area contributed by atoms with Crippen molar-refractivity contribution in [3.8, 4) is 5.75 Å². The van der Waals surface area contributed by atoms with Crippen LogP contribution in [0.1, 0.15) is 55.5 Å². The number of piperazine rings is 1. The number of nitrogens with one attached hydrogen (secondary N) is 1. The van der Waals surface area contributed by atoms with Gasteiger partial charge in [0.1, 0.15) is 5.75 Å². The van der Waals surface area contributed by atoms with Crippen molar-refractivity contribution in [3.63, 3.8) is 0 Å². The molecule has 26 heavy (non-hydrogen) atoms. The molecule has 1 saturated heterocycles. The summed E-state index contributed by atoms with van der Waals surface area (Å²) in [5.74, 6) is 1.72. The number of nitrogens with zero attached hydrogens (tertiary/aromatic N) is 2. The summed E-state index contributed by atoms with van der Waals surface area (Å²) >= 11 is 0. The molecule has 2 aliphatic rings. The monoisotopic (exact) mass is 351 g/mol. The highest BCUT2D eigenvalue weighted by Crippen LogP contribution is 2.38. The number of hydrogen-bond acceptors (Lipinski definition) is 4. The summed E-state index contributed by atoms with van der Waals surface area (Å²) in [4.78, 5) is 7.18. The number of pyridine rings is 1. The van der Waals surface area contributed by atoms with Crippen LogP contribution in [0.15, 0.2) is 42.6 Å². The zero-order valence-corrected chi connectivity index (χ0v) is 15.8. The average molecular weight is 351 g/mol. The Morgan fingerprint density at radius 1 is 1.19 bits per heavy atom. The topological polar surface area (TPSA) is 37.4 Å². The van der Waals surface area contributed by atoms with Gasteiger partial charge in [-0.15, -0.1) is 0 Å². The minimum atomic E-state index is 0.187. The van der Waals surface area contributed by atoms with Crippen LogP contribution in [0.3, 0.4) is 0 Å². The van der Waals surface area contributed by atoms with Gasteiger partial charge in [0.2, 0.25) is 0 Å². The lowest BCUT2D eigenvalue weighted by Crippen LogP contribution is -2.45. The van der Waals surface area contributed by atoms with Crippen molar-refractivity contribution in [2.24, 2.45) is 0 Å². The zero-order chi connectivity index (χ0) is 17.9. The summed E-state index contributed by atoms with van der Waals surface area (Å²) in [6.45, 7) is 8.17. The molecular weight excluding hydrogens is 322 g/mol. The third-order valence-corrected chi connectivity index (χ3v) is 5.17. The van der Waals surface area contributed by atoms with E-state index in [0.717, 1.165) is 37.8 Å². The van der Waals surface area contributed by atoms with E-state index < -0.39 is 0 Å². The maximum absolute atomic E-state index is 6.03. The van der Waals surface area contributed by atoms with Gasteiger partial charge in [-0.1, -0.05) is 24.3 Å². The molecule has 2 fully saturated rings. The standard InChI is InChI=1S/C22H29N3O/c1-16(2)26-22-6-4-3-5-19(22)21-15-25(12-11-23-21)14-17-7-10-20(24-13-17)18-8-9-18/h3-7,10,13,16,18,21,23H,8-9,11-12,14-15H2,1-2H3. The molecule has 1 aromatic heterocycles. The van der Waals surface area contributed by atoms with E-state index in [1.807, 2.05) is 0 Å². The van der Waals surface area contributed by atoms with Crippen LogP contribution in [-0.4, -0.2) is 35.6 Å². The maximum atomic E-state index is 6.03. The number of benzene rings is 1. The molecule has 0 spiro atoms. The van der Waals surface area contributed by atoms with Crippen LogP contribution in [0.2, 0.25) is 0 Å². The largest absolute Gasteiger partial charge is 0.491 e. The van der Waals surface area contributed by atoms with Crippen molar-refractivity contribution in [2.45, 2.75) is 51.3 Å². The lowest BCUT2D eigenvalue weighted by Gasteiger charge is -2.34. The molecule has 1 aromatic carbocycles. The third-order valence-electron chi connectivity index (χ3n) is 5.17. The Morgan fingerprint density at radius 2 is 2.04 bits per heavy atom. The van der Waals surface area contributed by atoms with E-state index in [4.69, 9.17) is 4.74 Å². The molecular formula is C22H29N3O. The molecule has 4 heteroatoms. The van der Waals surface area contributed by atoms with Crippen LogP contribution in [0.4, 0.5) is 0 Å². The van der Waals surface area contributed by atoms with Crippen LogP contribution >= 0.6 is 0 Å². The molecule has 4 rings (SSSR count). The fraction of sp³-hybridized carbons (Fsp3) is 0.500. The summed E-state index contributed by atoms with van der Waals surface area (Å²) < 4.78 is 6.03. The SMILES string of the molecule is CC(C)Oc1ccccc1C1CN(Cc2ccc(C3CC3)nc2)CCN1. The smallest absolute Gasteiger partial charge is 0.124 e. The molecule has 1 saturated carbocycles. The second-order valence-corrected chi connectivity index (χ2v) is 7.81. The van der Waals surface area contributed by atoms with Crippen molar-refractivity contribution >= 4 is 0 Å². The van der Waals surface area contributed by atoms with Crippen molar-refractivity contribution in [2.75, 3.05) is 19.6 Å². The van der Waals surface area contributed by atoms with Gasteiger partial charge in [0, 0.05) is 55.6 Å². The maximum Gasteiger partial charge on any atom is 0.124 e. The molecule has 1 atom stereocenters. The van der Waals surface area contributed by atoms with E-state index in [1.165, 1.54) is 29.7 Å². The fourth-order valence-electron chi connectivity index (χ4n) is 3.70. The molecule has 1 aliphatic heterocycles. The third kappa shape index (κ3) is 4.25. The molecule has 1 aliphatic carbocycles. The van der Waals surface area contributed by atoms with E-state index in [1.54, 1.807) is 0 Å². The van der Waals surface area contributed by atoms with Crippen LogP contribution in [0.5, 0.6) is 5.75 Å². The summed E-state index contributed by atoms with van der Waals surface area (Å²) in [5.41, 5.74) is 3.83. The number of aromatic nitrogens is 1. The first-order chi connectivity index (χ1) is 12.7. The Balaban J connectivity index is 1.42. The van der Waals surface area contributed by atoms with E-state index in [2.05, 4.69) is 71.6 Å². The van der Waals surface area contributed by atoms with Gasteiger partial charge in [0.25, 0.3) is 0 Å². The van der Waals surface area contributed by atoms with Crippen LogP contribution in [-0.2, 0) is 6.54 Å². The lowest BCUT2D eigenvalue weighted by molar-refractivity contribution is 0.186. The van der Waals surface area contributed by atoms with Gasteiger partial charge in [-0.2, -0.15) is 0 Å². The van der Waals surface area contributed by atoms with Gasteiger partial charge in [-0.05, 0) is 44.4 Å². The summed E-state index contributed by atoms with van der Waals surface area (Å²) in [5, 5.41) is 3.66. The summed E-state index contributed by atoms with van der Waals surface area (Å²) in [6, 6.07) is 13.2. The van der Waals surface area contributed by atoms with Gasteiger partial charge in [0.15, 0.2) is 0 Å². The second kappa shape index (κ2) is 7.77. The molecule has 0 bridgehead atoms. The molecule has 138 valence electrons. The van der Waals surface area contributed by atoms with Gasteiger partial charge in [-0.3, -0.25) is 9.88 Å². The molecule has 2 aromatic rings. The minimum Gasteiger partial charge on any atom is -0.491 e. The van der Waals surface area contributed by atoms with Crippen molar-refractivity contribution in [1.82, 2.24) is 15.2 Å². The molecule has 1 N–H and O–H groups in total. The average Bonchev–Trinajstić information content (AvgIpc) is 3.48. The Bertz CT molecular complexity index is 724. The van der Waals surface area contributed by atoms with Crippen LogP contribution in [0, 0.1) is 0 Å². The van der Waals surface area contributed by atoms with Gasteiger partial charge < -0.3 is 10.1 Å². The first kappa shape index (κ1) is 17.5. The van der Waals surface area contributed by atoms with Crippen molar-refractivity contribution in [3.05, 3.63) is 59.4 Å². The predicted molar refractivity (Wildman–Crippen MR) is 104 cm³/mol. The summed E-state index contributed by atoms with van der Waals surface area (Å²) in [7, 11) is 0. The Hall–Kier alpha value is -1.91. The van der Waals surface area contributed by atoms with E-state index in [-0.39, 0.29) is 6.10 Å². The highest BCUT2D eigenvalue weighted by atomic mass is 16.5. The second-order valence-electron chi connectivity index (χ2n) is 7.81. The number of rotatable bonds is 6. The minimum absolute atomic E-state index is 0.187. The van der Waals surface area contributed by atoms with Crippen molar-refractivity contribution in [1.29, 1.82) is 0 Å². The van der Waals surface area contributed by atoms with E-state index >= 15 is 0 Å². The van der Waals surface area contributed by atoms with Crippen LogP contribution in [0.25, 0.3) is 0 Å². The predicted octanol–water partition coefficient (Wildman–Crippen LogP) is 3.89. The van der Waals surface area contributed by atoms with Gasteiger partial charge >= 0.3 is 0 Å². The first-order valence-electron chi connectivity index (χ1n) is 9.85. The van der Waals surface area contributed by atoms with Gasteiger partial charge in [-0.25, -0.2) is 0 Å². The van der Waals surface area contributed by atoms with Crippen molar-refractivity contribution < 1.29 is 4.74 Å². The molecule has 1 unspecified atom stereocenters. The number of ether oxygens (including phenoxy) is 1. The Kier molecular flexibility index (Phi) is 5.23. The van der Waals surface area contributed by atoms with Crippen LogP contribution < -0.4 is 10.1 Å². The number of para-hydroxylation sites is 1. The Labute approximate surface area is 156 Å². The highest BCUT2D eigenvalue weighted by Gasteiger charge is 2.25. The normalized spacial score (nSPS) is 21.1. The quantitative estimate of drug-likeness (QED) is 0.857. The zero-order valence-electron chi connectivity index (χ0n) is 15.8.